The van der Waals surface area contributed by atoms with Gasteiger partial charge in [0.1, 0.15) is 0 Å². The molecule has 3 saturated heterocycles. The molecule has 31 heavy (non-hydrogen) atoms. The van der Waals surface area contributed by atoms with Gasteiger partial charge < -0.3 is 19.9 Å². The lowest BCUT2D eigenvalue weighted by molar-refractivity contribution is -0.0502. The molecule has 0 spiro atoms. The zero-order valence-corrected chi connectivity index (χ0v) is 19.5. The van der Waals surface area contributed by atoms with Crippen LogP contribution in [0.4, 0.5) is 0 Å². The Morgan fingerprint density at radius 2 is 1.90 bits per heavy atom. The van der Waals surface area contributed by atoms with Crippen LogP contribution in [-0.4, -0.2) is 91.8 Å². The summed E-state index contributed by atoms with van der Waals surface area (Å²) in [7, 11) is 0. The number of rotatable bonds is 7. The van der Waals surface area contributed by atoms with E-state index in [1.165, 1.54) is 44.5 Å². The number of nitrogens with zero attached hydrogens (tertiary/aromatic N) is 4. The van der Waals surface area contributed by atoms with Crippen molar-refractivity contribution in [2.24, 2.45) is 10.9 Å². The van der Waals surface area contributed by atoms with Gasteiger partial charge in [-0.2, -0.15) is 0 Å². The molecule has 3 aliphatic rings. The van der Waals surface area contributed by atoms with Crippen LogP contribution in [0.5, 0.6) is 0 Å². The lowest BCUT2D eigenvalue weighted by Crippen LogP contribution is -2.50. The number of nitrogens with one attached hydrogen (secondary N) is 1. The van der Waals surface area contributed by atoms with E-state index in [0.717, 1.165) is 57.8 Å². The van der Waals surface area contributed by atoms with E-state index in [9.17, 15) is 0 Å². The fraction of sp³-hybridized carbons (Fsp3) is 0.720. The Hall–Kier alpha value is -1.63. The third-order valence-electron chi connectivity index (χ3n) is 7.23. The Morgan fingerprint density at radius 1 is 1.10 bits per heavy atom. The Balaban J connectivity index is 1.32. The fourth-order valence-electron chi connectivity index (χ4n) is 5.32. The zero-order chi connectivity index (χ0) is 21.5. The first-order valence-corrected chi connectivity index (χ1v) is 12.4. The molecule has 1 aromatic rings. The predicted molar refractivity (Wildman–Crippen MR) is 127 cm³/mol. The van der Waals surface area contributed by atoms with Crippen LogP contribution in [0.2, 0.25) is 0 Å². The van der Waals surface area contributed by atoms with Crippen molar-refractivity contribution in [3.63, 3.8) is 0 Å². The summed E-state index contributed by atoms with van der Waals surface area (Å²) >= 11 is 0. The molecule has 2 atom stereocenters. The van der Waals surface area contributed by atoms with Crippen molar-refractivity contribution >= 4 is 5.96 Å². The largest absolute Gasteiger partial charge is 0.373 e. The van der Waals surface area contributed by atoms with Gasteiger partial charge in [-0.15, -0.1) is 0 Å². The van der Waals surface area contributed by atoms with Gasteiger partial charge >= 0.3 is 0 Å². The minimum Gasteiger partial charge on any atom is -0.373 e. The lowest BCUT2D eigenvalue weighted by Gasteiger charge is -2.36. The topological polar surface area (TPSA) is 43.3 Å². The summed E-state index contributed by atoms with van der Waals surface area (Å²) in [6.45, 7) is 14.8. The summed E-state index contributed by atoms with van der Waals surface area (Å²) in [5.41, 5.74) is 1.39. The molecule has 0 aromatic heterocycles. The van der Waals surface area contributed by atoms with Gasteiger partial charge in [0.05, 0.1) is 18.8 Å². The van der Waals surface area contributed by atoms with Crippen molar-refractivity contribution in [1.29, 1.82) is 0 Å². The standard InChI is InChI=1S/C25H41N5O/c1-3-26-25(27-13-10-21-11-14-28(4-2)15-12-21)30-19-23-24(20-30)31-17-16-29(23)18-22-8-6-5-7-9-22/h5-9,21,23-24H,3-4,10-20H2,1-2H3,(H,26,27). The molecule has 3 fully saturated rings. The average molecular weight is 428 g/mol. The first-order valence-electron chi connectivity index (χ1n) is 12.4. The molecule has 3 aliphatic heterocycles. The molecule has 6 heteroatoms. The van der Waals surface area contributed by atoms with Gasteiger partial charge in [-0.05, 0) is 57.3 Å². The van der Waals surface area contributed by atoms with Crippen molar-refractivity contribution < 1.29 is 4.74 Å². The van der Waals surface area contributed by atoms with Gasteiger partial charge in [-0.3, -0.25) is 9.89 Å². The third kappa shape index (κ3) is 5.99. The highest BCUT2D eigenvalue weighted by molar-refractivity contribution is 5.80. The predicted octanol–water partition coefficient (Wildman–Crippen LogP) is 2.66. The van der Waals surface area contributed by atoms with E-state index < -0.39 is 0 Å². The molecule has 2 unspecified atom stereocenters. The number of guanidine groups is 1. The number of morpholine rings is 1. The van der Waals surface area contributed by atoms with Crippen LogP contribution in [0.1, 0.15) is 38.7 Å². The van der Waals surface area contributed by atoms with Gasteiger partial charge in [0.25, 0.3) is 0 Å². The number of hydrogen-bond donors (Lipinski definition) is 1. The van der Waals surface area contributed by atoms with Gasteiger partial charge in [-0.1, -0.05) is 37.3 Å². The second-order valence-electron chi connectivity index (χ2n) is 9.24. The number of aliphatic imine (C=N–C) groups is 1. The minimum absolute atomic E-state index is 0.277. The molecule has 0 saturated carbocycles. The van der Waals surface area contributed by atoms with Crippen molar-refractivity contribution in [2.45, 2.75) is 51.8 Å². The maximum atomic E-state index is 6.18. The molecule has 172 valence electrons. The molecule has 3 heterocycles. The van der Waals surface area contributed by atoms with Crippen molar-refractivity contribution in [3.05, 3.63) is 35.9 Å². The first-order chi connectivity index (χ1) is 15.3. The minimum atomic E-state index is 0.277. The van der Waals surface area contributed by atoms with E-state index >= 15 is 0 Å². The molecule has 1 N–H and O–H groups in total. The zero-order valence-electron chi connectivity index (χ0n) is 19.5. The third-order valence-corrected chi connectivity index (χ3v) is 7.23. The molecule has 0 bridgehead atoms. The fourth-order valence-corrected chi connectivity index (χ4v) is 5.32. The quantitative estimate of drug-likeness (QED) is 0.535. The molecule has 6 nitrogen and oxygen atoms in total. The highest BCUT2D eigenvalue weighted by Crippen LogP contribution is 2.25. The second-order valence-corrected chi connectivity index (χ2v) is 9.24. The summed E-state index contributed by atoms with van der Waals surface area (Å²) in [5.74, 6) is 1.91. The van der Waals surface area contributed by atoms with E-state index in [1.807, 2.05) is 0 Å². The van der Waals surface area contributed by atoms with Gasteiger partial charge in [0.2, 0.25) is 0 Å². The van der Waals surface area contributed by atoms with Crippen LogP contribution >= 0.6 is 0 Å². The molecule has 1 aromatic carbocycles. The van der Waals surface area contributed by atoms with Gasteiger partial charge in [0, 0.05) is 39.3 Å². The first kappa shape index (κ1) is 22.6. The van der Waals surface area contributed by atoms with Crippen molar-refractivity contribution in [3.8, 4) is 0 Å². The second kappa shape index (κ2) is 11.3. The van der Waals surface area contributed by atoms with E-state index in [1.54, 1.807) is 0 Å². The Labute approximate surface area is 188 Å². The summed E-state index contributed by atoms with van der Waals surface area (Å²) < 4.78 is 6.18. The Bertz CT molecular complexity index is 688. The van der Waals surface area contributed by atoms with E-state index in [-0.39, 0.29) is 6.10 Å². The number of hydrogen-bond acceptors (Lipinski definition) is 4. The van der Waals surface area contributed by atoms with Crippen LogP contribution in [0, 0.1) is 5.92 Å². The molecule has 0 amide bonds. The highest BCUT2D eigenvalue weighted by Gasteiger charge is 2.41. The maximum absolute atomic E-state index is 6.18. The molecular weight excluding hydrogens is 386 g/mol. The summed E-state index contributed by atoms with van der Waals surface area (Å²) in [6, 6.07) is 11.3. The van der Waals surface area contributed by atoms with Crippen LogP contribution in [-0.2, 0) is 11.3 Å². The number of piperidine rings is 1. The van der Waals surface area contributed by atoms with Crippen LogP contribution in [0.15, 0.2) is 35.3 Å². The molecular formula is C25H41N5O. The maximum Gasteiger partial charge on any atom is 0.194 e. The monoisotopic (exact) mass is 427 g/mol. The number of fused-ring (bicyclic) bond motifs is 1. The van der Waals surface area contributed by atoms with E-state index in [2.05, 4.69) is 64.2 Å². The van der Waals surface area contributed by atoms with Crippen LogP contribution in [0.25, 0.3) is 0 Å². The molecule has 0 aliphatic carbocycles. The summed E-state index contributed by atoms with van der Waals surface area (Å²) in [6.07, 6.45) is 4.15. The highest BCUT2D eigenvalue weighted by atomic mass is 16.5. The van der Waals surface area contributed by atoms with E-state index in [4.69, 9.17) is 9.73 Å². The normalized spacial score (nSPS) is 26.3. The lowest BCUT2D eigenvalue weighted by atomic mass is 9.94. The average Bonchev–Trinajstić information content (AvgIpc) is 3.25. The van der Waals surface area contributed by atoms with E-state index in [0.29, 0.717) is 6.04 Å². The van der Waals surface area contributed by atoms with Crippen molar-refractivity contribution in [2.75, 3.05) is 59.0 Å². The SMILES string of the molecule is CCNC(=NCCC1CCN(CC)CC1)N1CC2OCCN(Cc3ccccc3)C2C1. The van der Waals surface area contributed by atoms with Crippen LogP contribution < -0.4 is 5.32 Å². The summed E-state index contributed by atoms with van der Waals surface area (Å²) in [5, 5.41) is 3.55. The number of ether oxygens (including phenoxy) is 1. The smallest absolute Gasteiger partial charge is 0.194 e. The van der Waals surface area contributed by atoms with Gasteiger partial charge in [-0.25, -0.2) is 0 Å². The number of likely N-dealkylation sites (tertiary alicyclic amines) is 2. The van der Waals surface area contributed by atoms with Crippen molar-refractivity contribution in [1.82, 2.24) is 20.0 Å². The van der Waals surface area contributed by atoms with Crippen LogP contribution in [0.3, 0.4) is 0 Å². The summed E-state index contributed by atoms with van der Waals surface area (Å²) in [4.78, 5) is 12.6. The Kier molecular flexibility index (Phi) is 8.22. The number of benzene rings is 1. The Morgan fingerprint density at radius 3 is 2.65 bits per heavy atom. The van der Waals surface area contributed by atoms with Gasteiger partial charge in [0.15, 0.2) is 5.96 Å². The molecule has 0 radical (unpaired) electrons. The molecule has 4 rings (SSSR count).